The minimum Gasteiger partial charge on any atom is -0.389 e. The average Bonchev–Trinajstić information content (AvgIpc) is 2.46. The van der Waals surface area contributed by atoms with Gasteiger partial charge in [0.1, 0.15) is 12.1 Å². The monoisotopic (exact) mass is 276 g/mol. The molecular formula is C15H24N4O. The molecule has 2 aliphatic heterocycles. The Balaban J connectivity index is 1.83. The molecule has 2 atom stereocenters. The Labute approximate surface area is 120 Å². The molecule has 2 aliphatic rings. The second-order valence-electron chi connectivity index (χ2n) is 6.41. The molecule has 0 radical (unpaired) electrons. The highest BCUT2D eigenvalue weighted by atomic mass is 16.3. The van der Waals surface area contributed by atoms with E-state index >= 15 is 0 Å². The van der Waals surface area contributed by atoms with Gasteiger partial charge in [0.25, 0.3) is 0 Å². The maximum absolute atomic E-state index is 10.7. The van der Waals surface area contributed by atoms with Gasteiger partial charge in [0.2, 0.25) is 0 Å². The van der Waals surface area contributed by atoms with Crippen LogP contribution in [0.25, 0.3) is 0 Å². The fraction of sp³-hybridized carbons (Fsp3) is 0.733. The van der Waals surface area contributed by atoms with Crippen LogP contribution in [-0.4, -0.2) is 46.9 Å². The molecule has 3 rings (SSSR count). The van der Waals surface area contributed by atoms with Gasteiger partial charge in [0, 0.05) is 37.3 Å². The average molecular weight is 276 g/mol. The van der Waals surface area contributed by atoms with Crippen molar-refractivity contribution in [1.82, 2.24) is 15.3 Å². The smallest absolute Gasteiger partial charge is 0.135 e. The Hall–Kier alpha value is -1.20. The van der Waals surface area contributed by atoms with Gasteiger partial charge in [-0.1, -0.05) is 13.8 Å². The van der Waals surface area contributed by atoms with E-state index in [0.29, 0.717) is 11.8 Å². The Morgan fingerprint density at radius 1 is 1.45 bits per heavy atom. The lowest BCUT2D eigenvalue weighted by Crippen LogP contribution is -2.59. The SMILES string of the molecule is CC(C)c1cncnc1N1CC[C@@]2(O)CCNC[C@H]2C1. The Morgan fingerprint density at radius 3 is 3.10 bits per heavy atom. The van der Waals surface area contributed by atoms with Crippen molar-refractivity contribution in [2.24, 2.45) is 5.92 Å². The van der Waals surface area contributed by atoms with Crippen LogP contribution < -0.4 is 10.2 Å². The summed E-state index contributed by atoms with van der Waals surface area (Å²) in [4.78, 5) is 11.0. The number of hydrogen-bond donors (Lipinski definition) is 2. The molecule has 5 heteroatoms. The fourth-order valence-corrected chi connectivity index (χ4v) is 3.42. The lowest BCUT2D eigenvalue weighted by Gasteiger charge is -2.48. The van der Waals surface area contributed by atoms with Crippen LogP contribution in [0.4, 0.5) is 5.82 Å². The zero-order valence-corrected chi connectivity index (χ0v) is 12.3. The van der Waals surface area contributed by atoms with E-state index in [9.17, 15) is 5.11 Å². The van der Waals surface area contributed by atoms with Gasteiger partial charge in [0.15, 0.2) is 0 Å². The second-order valence-corrected chi connectivity index (χ2v) is 6.41. The van der Waals surface area contributed by atoms with Gasteiger partial charge in [-0.05, 0) is 25.3 Å². The number of hydrogen-bond acceptors (Lipinski definition) is 5. The molecule has 2 fully saturated rings. The molecule has 0 aliphatic carbocycles. The number of nitrogens with one attached hydrogen (secondary N) is 1. The highest BCUT2D eigenvalue weighted by Crippen LogP contribution is 2.36. The van der Waals surface area contributed by atoms with Gasteiger partial charge in [-0.3, -0.25) is 0 Å². The van der Waals surface area contributed by atoms with E-state index in [0.717, 1.165) is 44.8 Å². The van der Waals surface area contributed by atoms with Gasteiger partial charge in [-0.25, -0.2) is 9.97 Å². The molecule has 2 N–H and O–H groups in total. The molecule has 0 unspecified atom stereocenters. The van der Waals surface area contributed by atoms with Crippen LogP contribution in [0.1, 0.15) is 38.2 Å². The van der Waals surface area contributed by atoms with E-state index in [-0.39, 0.29) is 0 Å². The van der Waals surface area contributed by atoms with Crippen LogP contribution in [0.3, 0.4) is 0 Å². The number of aliphatic hydroxyl groups is 1. The summed E-state index contributed by atoms with van der Waals surface area (Å²) >= 11 is 0. The molecule has 2 saturated heterocycles. The van der Waals surface area contributed by atoms with E-state index in [1.165, 1.54) is 5.56 Å². The van der Waals surface area contributed by atoms with Crippen LogP contribution in [-0.2, 0) is 0 Å². The van der Waals surface area contributed by atoms with Crippen molar-refractivity contribution in [2.75, 3.05) is 31.1 Å². The maximum atomic E-state index is 10.7. The molecule has 0 bridgehead atoms. The van der Waals surface area contributed by atoms with Crippen molar-refractivity contribution < 1.29 is 5.11 Å². The number of aromatic nitrogens is 2. The lowest BCUT2D eigenvalue weighted by molar-refractivity contribution is -0.0539. The molecule has 110 valence electrons. The van der Waals surface area contributed by atoms with Crippen LogP contribution in [0.15, 0.2) is 12.5 Å². The summed E-state index contributed by atoms with van der Waals surface area (Å²) in [6.07, 6.45) is 5.25. The highest BCUT2D eigenvalue weighted by molar-refractivity contribution is 5.48. The van der Waals surface area contributed by atoms with Crippen molar-refractivity contribution in [1.29, 1.82) is 0 Å². The fourth-order valence-electron chi connectivity index (χ4n) is 3.42. The summed E-state index contributed by atoms with van der Waals surface area (Å²) in [7, 11) is 0. The summed E-state index contributed by atoms with van der Waals surface area (Å²) < 4.78 is 0. The molecule has 1 aromatic rings. The maximum Gasteiger partial charge on any atom is 0.135 e. The largest absolute Gasteiger partial charge is 0.389 e. The molecular weight excluding hydrogens is 252 g/mol. The molecule has 3 heterocycles. The summed E-state index contributed by atoms with van der Waals surface area (Å²) in [5.74, 6) is 1.75. The van der Waals surface area contributed by atoms with E-state index in [1.54, 1.807) is 6.33 Å². The van der Waals surface area contributed by atoms with Crippen LogP contribution in [0, 0.1) is 5.92 Å². The molecule has 5 nitrogen and oxygen atoms in total. The summed E-state index contributed by atoms with van der Waals surface area (Å²) in [5.41, 5.74) is 0.717. The molecule has 0 saturated carbocycles. The Bertz CT molecular complexity index is 479. The van der Waals surface area contributed by atoms with Crippen molar-refractivity contribution in [3.8, 4) is 0 Å². The van der Waals surface area contributed by atoms with Gasteiger partial charge in [-0.2, -0.15) is 0 Å². The van der Waals surface area contributed by atoms with Crippen molar-refractivity contribution in [3.63, 3.8) is 0 Å². The van der Waals surface area contributed by atoms with Crippen LogP contribution in [0.5, 0.6) is 0 Å². The quantitative estimate of drug-likeness (QED) is 0.848. The first-order chi connectivity index (χ1) is 9.60. The second kappa shape index (κ2) is 5.30. The predicted molar refractivity (Wildman–Crippen MR) is 78.9 cm³/mol. The third-order valence-corrected chi connectivity index (χ3v) is 4.78. The third-order valence-electron chi connectivity index (χ3n) is 4.78. The van der Waals surface area contributed by atoms with E-state index in [1.807, 2.05) is 6.20 Å². The van der Waals surface area contributed by atoms with Gasteiger partial charge in [0.05, 0.1) is 5.60 Å². The Morgan fingerprint density at radius 2 is 2.30 bits per heavy atom. The zero-order chi connectivity index (χ0) is 14.2. The van der Waals surface area contributed by atoms with Crippen molar-refractivity contribution in [3.05, 3.63) is 18.1 Å². The van der Waals surface area contributed by atoms with Gasteiger partial charge < -0.3 is 15.3 Å². The van der Waals surface area contributed by atoms with E-state index in [2.05, 4.69) is 34.0 Å². The van der Waals surface area contributed by atoms with Crippen molar-refractivity contribution in [2.45, 2.75) is 38.2 Å². The summed E-state index contributed by atoms with van der Waals surface area (Å²) in [6.45, 7) is 7.92. The molecule has 1 aromatic heterocycles. The predicted octanol–water partition coefficient (Wildman–Crippen LogP) is 1.15. The number of rotatable bonds is 2. The number of piperidine rings is 2. The minimum absolute atomic E-state index is 0.292. The minimum atomic E-state index is -0.479. The summed E-state index contributed by atoms with van der Waals surface area (Å²) in [6, 6.07) is 0. The zero-order valence-electron chi connectivity index (χ0n) is 12.3. The molecule has 0 amide bonds. The van der Waals surface area contributed by atoms with Crippen molar-refractivity contribution >= 4 is 5.82 Å². The lowest BCUT2D eigenvalue weighted by atomic mass is 9.76. The number of fused-ring (bicyclic) bond motifs is 1. The van der Waals surface area contributed by atoms with Crippen LogP contribution >= 0.6 is 0 Å². The first-order valence-electron chi connectivity index (χ1n) is 7.58. The molecule has 0 spiro atoms. The third kappa shape index (κ3) is 2.40. The normalized spacial score (nSPS) is 30.4. The van der Waals surface area contributed by atoms with Crippen LogP contribution in [0.2, 0.25) is 0 Å². The van der Waals surface area contributed by atoms with Gasteiger partial charge in [-0.15, -0.1) is 0 Å². The molecule has 20 heavy (non-hydrogen) atoms. The standard InChI is InChI=1S/C15H24N4O/c1-11(2)13-8-17-10-18-14(13)19-6-4-15(20)3-5-16-7-12(15)9-19/h8,10-12,16,20H,3-7,9H2,1-2H3/t12-,15-/m0/s1. The number of nitrogens with zero attached hydrogens (tertiary/aromatic N) is 3. The van der Waals surface area contributed by atoms with E-state index in [4.69, 9.17) is 0 Å². The molecule has 0 aromatic carbocycles. The first-order valence-corrected chi connectivity index (χ1v) is 7.58. The van der Waals surface area contributed by atoms with Gasteiger partial charge >= 0.3 is 0 Å². The topological polar surface area (TPSA) is 61.3 Å². The van der Waals surface area contributed by atoms with E-state index < -0.39 is 5.60 Å². The number of anilines is 1. The summed E-state index contributed by atoms with van der Waals surface area (Å²) in [5, 5.41) is 14.1. The first kappa shape index (κ1) is 13.8. The Kier molecular flexibility index (Phi) is 3.65. The highest BCUT2D eigenvalue weighted by Gasteiger charge is 2.43.